The molecular weight excluding hydrogens is 932 g/mol. The summed E-state index contributed by atoms with van der Waals surface area (Å²) in [6.07, 6.45) is 0. The van der Waals surface area contributed by atoms with E-state index in [0.717, 1.165) is 82.4 Å². The minimum absolute atomic E-state index is 0.323. The van der Waals surface area contributed by atoms with Crippen molar-refractivity contribution in [3.05, 3.63) is 191 Å². The van der Waals surface area contributed by atoms with Crippen LogP contribution in [0.1, 0.15) is 72.9 Å². The fourth-order valence-electron chi connectivity index (χ4n) is 10.8. The first-order valence-corrected chi connectivity index (χ1v) is 25.0. The molecule has 0 amide bonds. The van der Waals surface area contributed by atoms with Crippen LogP contribution < -0.4 is 9.80 Å². The molecule has 0 atom stereocenters. The summed E-state index contributed by atoms with van der Waals surface area (Å²) < 4.78 is 15.0. The highest BCUT2D eigenvalue weighted by Gasteiger charge is 2.28. The van der Waals surface area contributed by atoms with Crippen molar-refractivity contribution >= 4 is 133 Å². The number of nitrogens with zero attached hydrogens (tertiary/aromatic N) is 2. The Labute approximate surface area is 404 Å². The number of anilines is 6. The third-order valence-corrected chi connectivity index (χ3v) is 14.9. The topological polar surface area (TPSA) is 32.8 Å². The van der Waals surface area contributed by atoms with Gasteiger partial charge in [-0.25, -0.2) is 0 Å². The van der Waals surface area contributed by atoms with Crippen LogP contribution in [0.25, 0.3) is 76.2 Å². The second kappa shape index (κ2) is 15.9. The third kappa shape index (κ3) is 6.45. The summed E-state index contributed by atoms with van der Waals surface area (Å²) in [5, 5.41) is 11.8. The third-order valence-electron chi connectivity index (χ3n) is 14.1. The van der Waals surface area contributed by atoms with Crippen molar-refractivity contribution < 1.29 is 8.83 Å². The van der Waals surface area contributed by atoms with Crippen molar-refractivity contribution in [1.82, 2.24) is 0 Å². The van der Waals surface area contributed by atoms with E-state index < -0.39 is 0 Å². The summed E-state index contributed by atoms with van der Waals surface area (Å²) >= 11 is 2.52. The molecule has 2 heterocycles. The van der Waals surface area contributed by atoms with Crippen LogP contribution in [-0.2, 0) is 4.43 Å². The van der Waals surface area contributed by atoms with Gasteiger partial charge in [-0.3, -0.25) is 0 Å². The fraction of sp³-hybridized carbons (Fsp3) is 0.161. The molecule has 0 aliphatic heterocycles. The molecule has 0 aliphatic carbocycles. The minimum Gasteiger partial charge on any atom is -0.454 e. The van der Waals surface area contributed by atoms with Crippen molar-refractivity contribution in [2.24, 2.45) is 0 Å². The molecule has 0 bridgehead atoms. The van der Waals surface area contributed by atoms with Crippen LogP contribution in [-0.4, -0.2) is 0 Å². The molecule has 67 heavy (non-hydrogen) atoms. The van der Waals surface area contributed by atoms with Gasteiger partial charge < -0.3 is 18.6 Å². The molecule has 10 aromatic carbocycles. The lowest BCUT2D eigenvalue weighted by atomic mass is 9.91. The standard InChI is InChI=1S/C62H51IN2O2/c1-35(2)43-12-8-14-45-47-16-10-18-53(61(47)66-59(43)45)64(55-32-37(5)20-22-39(55)7)51-30-26-40-25-29-50-52(31-27-41-24-28-49(51)57(40)58(41)50)65(56-33-38(6)21-23-42(56)34-63)54-19-11-17-48-46-15-9-13-44(36(3)4)60(46)67-62(48)54/h8-33,35-36H,34H2,1-7H3. The number of benzene rings is 10. The zero-order valence-electron chi connectivity index (χ0n) is 39.0. The van der Waals surface area contributed by atoms with E-state index >= 15 is 0 Å². The summed E-state index contributed by atoms with van der Waals surface area (Å²) in [6, 6.07) is 58.6. The van der Waals surface area contributed by atoms with Crippen LogP contribution >= 0.6 is 22.6 Å². The Morgan fingerprint density at radius 2 is 0.836 bits per heavy atom. The van der Waals surface area contributed by atoms with E-state index in [1.807, 2.05) is 0 Å². The second-order valence-electron chi connectivity index (χ2n) is 19.1. The van der Waals surface area contributed by atoms with E-state index in [1.54, 1.807) is 0 Å². The SMILES string of the molecule is Cc1ccc(C)c(N(c2ccc3ccc4c(N(c5cc(C)ccc5CI)c5cccc6c5oc5c(C(C)C)cccc56)ccc5ccc2c3c54)c2cccc3c2oc2c(C(C)C)cccc23)c1. The number of alkyl halides is 1. The number of para-hydroxylation sites is 4. The molecule has 0 fully saturated rings. The number of halogens is 1. The first-order valence-electron chi connectivity index (χ1n) is 23.5. The first-order chi connectivity index (χ1) is 32.6. The average molecular weight is 983 g/mol. The molecule has 0 unspecified atom stereocenters. The Balaban J connectivity index is 1.15. The molecule has 328 valence electrons. The maximum atomic E-state index is 7.08. The average Bonchev–Trinajstić information content (AvgIpc) is 3.92. The van der Waals surface area contributed by atoms with E-state index in [0.29, 0.717) is 11.8 Å². The summed E-state index contributed by atoms with van der Waals surface area (Å²) in [6.45, 7) is 15.6. The van der Waals surface area contributed by atoms with Crippen LogP contribution in [0.15, 0.2) is 167 Å². The molecule has 0 spiro atoms. The van der Waals surface area contributed by atoms with Gasteiger partial charge in [-0.1, -0.05) is 172 Å². The summed E-state index contributed by atoms with van der Waals surface area (Å²) in [7, 11) is 0. The van der Waals surface area contributed by atoms with Crippen molar-refractivity contribution in [3.8, 4) is 0 Å². The minimum atomic E-state index is 0.323. The summed E-state index contributed by atoms with van der Waals surface area (Å²) in [5.41, 5.74) is 17.6. The molecule has 0 aliphatic rings. The number of furan rings is 2. The molecule has 0 saturated carbocycles. The molecule has 12 rings (SSSR count). The van der Waals surface area contributed by atoms with Crippen LogP contribution in [0.3, 0.4) is 0 Å². The smallest absolute Gasteiger partial charge is 0.159 e. The van der Waals surface area contributed by atoms with Gasteiger partial charge in [0.2, 0.25) is 0 Å². The lowest BCUT2D eigenvalue weighted by molar-refractivity contribution is 0.657. The maximum Gasteiger partial charge on any atom is 0.159 e. The lowest BCUT2D eigenvalue weighted by Gasteiger charge is -2.31. The monoisotopic (exact) mass is 982 g/mol. The Bertz CT molecular complexity index is 3930. The van der Waals surface area contributed by atoms with Gasteiger partial charge in [-0.15, -0.1) is 0 Å². The second-order valence-corrected chi connectivity index (χ2v) is 19.9. The number of rotatable bonds is 9. The fourth-order valence-corrected chi connectivity index (χ4v) is 11.5. The Morgan fingerprint density at radius 3 is 1.33 bits per heavy atom. The van der Waals surface area contributed by atoms with Crippen molar-refractivity contribution in [2.75, 3.05) is 9.80 Å². The normalized spacial score (nSPS) is 12.2. The molecule has 0 radical (unpaired) electrons. The summed E-state index contributed by atoms with van der Waals surface area (Å²) in [4.78, 5) is 4.93. The van der Waals surface area contributed by atoms with Crippen molar-refractivity contribution in [2.45, 2.75) is 64.7 Å². The predicted molar refractivity (Wildman–Crippen MR) is 294 cm³/mol. The van der Waals surface area contributed by atoms with Gasteiger partial charge in [0, 0.05) is 42.4 Å². The van der Waals surface area contributed by atoms with Crippen LogP contribution in [0, 0.1) is 20.8 Å². The largest absolute Gasteiger partial charge is 0.454 e. The van der Waals surface area contributed by atoms with Crippen molar-refractivity contribution in [3.63, 3.8) is 0 Å². The number of fused-ring (bicyclic) bond motifs is 6. The van der Waals surface area contributed by atoms with Crippen LogP contribution in [0.2, 0.25) is 0 Å². The zero-order chi connectivity index (χ0) is 45.8. The molecule has 0 saturated heterocycles. The molecule has 12 aromatic rings. The van der Waals surface area contributed by atoms with Crippen molar-refractivity contribution in [1.29, 1.82) is 0 Å². The molecule has 0 N–H and O–H groups in total. The van der Waals surface area contributed by atoms with E-state index in [9.17, 15) is 0 Å². The molecule has 2 aromatic heterocycles. The predicted octanol–water partition coefficient (Wildman–Crippen LogP) is 19.4. The van der Waals surface area contributed by atoms with Gasteiger partial charge in [-0.2, -0.15) is 0 Å². The highest BCUT2D eigenvalue weighted by Crippen LogP contribution is 2.52. The first kappa shape index (κ1) is 41.6. The van der Waals surface area contributed by atoms with Gasteiger partial charge in [0.1, 0.15) is 11.2 Å². The van der Waals surface area contributed by atoms with E-state index in [2.05, 4.69) is 239 Å². The van der Waals surface area contributed by atoms with E-state index in [-0.39, 0.29) is 0 Å². The Hall–Kier alpha value is -6.83. The highest BCUT2D eigenvalue weighted by molar-refractivity contribution is 14.1. The lowest BCUT2D eigenvalue weighted by Crippen LogP contribution is -2.13. The quantitative estimate of drug-likeness (QED) is 0.0820. The van der Waals surface area contributed by atoms with E-state index in [1.165, 1.54) is 65.7 Å². The summed E-state index contributed by atoms with van der Waals surface area (Å²) in [5.74, 6) is 0.647. The highest BCUT2D eigenvalue weighted by atomic mass is 127. The number of hydrogen-bond donors (Lipinski definition) is 0. The van der Waals surface area contributed by atoms with Gasteiger partial charge in [0.15, 0.2) is 11.2 Å². The van der Waals surface area contributed by atoms with Crippen LogP contribution in [0.4, 0.5) is 34.1 Å². The van der Waals surface area contributed by atoms with Gasteiger partial charge in [0.05, 0.1) is 28.4 Å². The maximum absolute atomic E-state index is 7.08. The van der Waals surface area contributed by atoms with E-state index in [4.69, 9.17) is 8.83 Å². The van der Waals surface area contributed by atoms with Gasteiger partial charge in [-0.05, 0) is 124 Å². The molecular formula is C62H51IN2O2. The number of hydrogen-bond acceptors (Lipinski definition) is 4. The Kier molecular flexibility index (Phi) is 9.88. The molecule has 4 nitrogen and oxygen atoms in total. The zero-order valence-corrected chi connectivity index (χ0v) is 41.1. The van der Waals surface area contributed by atoms with Crippen LogP contribution in [0.5, 0.6) is 0 Å². The van der Waals surface area contributed by atoms with Gasteiger partial charge >= 0.3 is 0 Å². The molecule has 5 heteroatoms. The van der Waals surface area contributed by atoms with Gasteiger partial charge in [0.25, 0.3) is 0 Å². The Morgan fingerprint density at radius 1 is 0.403 bits per heavy atom. The number of aryl methyl sites for hydroxylation is 3.